The number of thiophene rings is 1. The first-order chi connectivity index (χ1) is 25.3. The molecule has 0 atom stereocenters. The van der Waals surface area contributed by atoms with Gasteiger partial charge in [0.15, 0.2) is 5.82 Å². The summed E-state index contributed by atoms with van der Waals surface area (Å²) in [6.45, 7) is 0. The van der Waals surface area contributed by atoms with E-state index in [2.05, 4.69) is 140 Å². The van der Waals surface area contributed by atoms with E-state index >= 15 is 0 Å². The lowest BCUT2D eigenvalue weighted by Crippen LogP contribution is -1.95. The highest BCUT2D eigenvalue weighted by atomic mass is 32.1. The van der Waals surface area contributed by atoms with Crippen LogP contribution in [0.15, 0.2) is 176 Å². The third-order valence-electron chi connectivity index (χ3n) is 9.70. The SMILES string of the molecule is c1ccc(-c2cc(-c3ccc(-c4ccc(-c5nc6c7ccccc7ccc6c6sc7ccccc7c56)cc4)cc3)nc(-c3ccccc3)n2)cc1. The lowest BCUT2D eigenvalue weighted by molar-refractivity contribution is 1.18. The lowest BCUT2D eigenvalue weighted by Gasteiger charge is -2.11. The minimum absolute atomic E-state index is 0.717. The van der Waals surface area contributed by atoms with Crippen LogP contribution in [-0.4, -0.2) is 15.0 Å². The summed E-state index contributed by atoms with van der Waals surface area (Å²) in [6.07, 6.45) is 0. The van der Waals surface area contributed by atoms with Gasteiger partial charge in [-0.05, 0) is 28.6 Å². The van der Waals surface area contributed by atoms with Crippen molar-refractivity contribution in [3.05, 3.63) is 176 Å². The molecule has 3 heterocycles. The highest BCUT2D eigenvalue weighted by Crippen LogP contribution is 2.44. The van der Waals surface area contributed by atoms with Crippen LogP contribution in [0.5, 0.6) is 0 Å². The fourth-order valence-electron chi connectivity index (χ4n) is 7.13. The van der Waals surface area contributed by atoms with E-state index in [0.29, 0.717) is 0 Å². The Balaban J connectivity index is 1.04. The van der Waals surface area contributed by atoms with Gasteiger partial charge >= 0.3 is 0 Å². The van der Waals surface area contributed by atoms with Gasteiger partial charge in [-0.3, -0.25) is 0 Å². The van der Waals surface area contributed by atoms with E-state index in [1.54, 1.807) is 0 Å². The molecule has 0 spiro atoms. The minimum Gasteiger partial charge on any atom is -0.246 e. The average Bonchev–Trinajstić information content (AvgIpc) is 3.61. The first-order valence-electron chi connectivity index (χ1n) is 17.1. The van der Waals surface area contributed by atoms with Crippen LogP contribution >= 0.6 is 11.3 Å². The number of hydrogen-bond donors (Lipinski definition) is 0. The predicted octanol–water partition coefficient (Wildman–Crippen LogP) is 12.9. The molecule has 0 radical (unpaired) electrons. The summed E-state index contributed by atoms with van der Waals surface area (Å²) < 4.78 is 2.57. The predicted molar refractivity (Wildman–Crippen MR) is 215 cm³/mol. The summed E-state index contributed by atoms with van der Waals surface area (Å²) in [5.74, 6) is 0.717. The third-order valence-corrected chi connectivity index (χ3v) is 10.9. The van der Waals surface area contributed by atoms with Crippen LogP contribution in [-0.2, 0) is 0 Å². The van der Waals surface area contributed by atoms with Crippen molar-refractivity contribution in [3.63, 3.8) is 0 Å². The molecule has 10 rings (SSSR count). The second-order valence-electron chi connectivity index (χ2n) is 12.8. The molecule has 0 saturated carbocycles. The van der Waals surface area contributed by atoms with Crippen molar-refractivity contribution in [1.29, 1.82) is 0 Å². The van der Waals surface area contributed by atoms with Crippen molar-refractivity contribution < 1.29 is 0 Å². The Morgan fingerprint density at radius 3 is 1.63 bits per heavy atom. The Hall–Kier alpha value is -6.49. The second-order valence-corrected chi connectivity index (χ2v) is 13.8. The monoisotopic (exact) mass is 667 g/mol. The Morgan fingerprint density at radius 2 is 0.922 bits per heavy atom. The largest absolute Gasteiger partial charge is 0.246 e. The number of rotatable bonds is 5. The van der Waals surface area contributed by atoms with Crippen LogP contribution in [0.3, 0.4) is 0 Å². The second kappa shape index (κ2) is 12.1. The first kappa shape index (κ1) is 29.4. The van der Waals surface area contributed by atoms with Crippen molar-refractivity contribution in [2.75, 3.05) is 0 Å². The van der Waals surface area contributed by atoms with Crippen LogP contribution in [0.25, 0.3) is 98.1 Å². The molecule has 7 aromatic carbocycles. The molecule has 0 N–H and O–H groups in total. The fraction of sp³-hybridized carbons (Fsp3) is 0. The van der Waals surface area contributed by atoms with Crippen LogP contribution < -0.4 is 0 Å². The maximum atomic E-state index is 5.42. The van der Waals surface area contributed by atoms with Gasteiger partial charge in [-0.25, -0.2) is 15.0 Å². The van der Waals surface area contributed by atoms with E-state index in [9.17, 15) is 0 Å². The number of pyridine rings is 1. The number of hydrogen-bond acceptors (Lipinski definition) is 4. The Kier molecular flexibility index (Phi) is 7.00. The van der Waals surface area contributed by atoms with E-state index in [4.69, 9.17) is 15.0 Å². The van der Waals surface area contributed by atoms with Crippen LogP contribution in [0.2, 0.25) is 0 Å². The Bertz CT molecular complexity index is 2820. The highest BCUT2D eigenvalue weighted by molar-refractivity contribution is 7.26. The van der Waals surface area contributed by atoms with E-state index in [0.717, 1.165) is 61.8 Å². The molecule has 51 heavy (non-hydrogen) atoms. The van der Waals surface area contributed by atoms with E-state index in [-0.39, 0.29) is 0 Å². The molecule has 10 aromatic rings. The highest BCUT2D eigenvalue weighted by Gasteiger charge is 2.18. The van der Waals surface area contributed by atoms with Crippen LogP contribution in [0.4, 0.5) is 0 Å². The number of fused-ring (bicyclic) bond motifs is 7. The van der Waals surface area contributed by atoms with Crippen molar-refractivity contribution >= 4 is 53.2 Å². The Labute approximate surface area is 299 Å². The topological polar surface area (TPSA) is 38.7 Å². The number of nitrogens with zero attached hydrogens (tertiary/aromatic N) is 3. The molecule has 3 aromatic heterocycles. The molecule has 0 aliphatic carbocycles. The van der Waals surface area contributed by atoms with Gasteiger partial charge in [0.1, 0.15) is 0 Å². The van der Waals surface area contributed by atoms with E-state index < -0.39 is 0 Å². The maximum Gasteiger partial charge on any atom is 0.160 e. The van der Waals surface area contributed by atoms with Gasteiger partial charge in [0, 0.05) is 53.2 Å². The van der Waals surface area contributed by atoms with Gasteiger partial charge in [0.25, 0.3) is 0 Å². The van der Waals surface area contributed by atoms with Gasteiger partial charge in [0.05, 0.1) is 22.6 Å². The quantitative estimate of drug-likeness (QED) is 0.171. The molecule has 3 nitrogen and oxygen atoms in total. The third kappa shape index (κ3) is 5.16. The first-order valence-corrected chi connectivity index (χ1v) is 17.9. The molecular weight excluding hydrogens is 639 g/mol. The van der Waals surface area contributed by atoms with Crippen molar-refractivity contribution in [1.82, 2.24) is 15.0 Å². The number of benzene rings is 7. The summed E-state index contributed by atoms with van der Waals surface area (Å²) in [6, 6.07) is 61.8. The minimum atomic E-state index is 0.717. The fourth-order valence-corrected chi connectivity index (χ4v) is 8.36. The summed E-state index contributed by atoms with van der Waals surface area (Å²) in [7, 11) is 0. The molecule has 0 aliphatic rings. The summed E-state index contributed by atoms with van der Waals surface area (Å²) in [5.41, 5.74) is 10.4. The Morgan fingerprint density at radius 1 is 0.373 bits per heavy atom. The van der Waals surface area contributed by atoms with Gasteiger partial charge in [0.2, 0.25) is 0 Å². The summed E-state index contributed by atoms with van der Waals surface area (Å²) in [5, 5.41) is 6.08. The van der Waals surface area contributed by atoms with Crippen LogP contribution in [0, 0.1) is 0 Å². The lowest BCUT2D eigenvalue weighted by atomic mass is 9.97. The van der Waals surface area contributed by atoms with Gasteiger partial charge in [-0.15, -0.1) is 11.3 Å². The molecule has 238 valence electrons. The molecule has 4 heteroatoms. The number of aromatic nitrogens is 3. The van der Waals surface area contributed by atoms with E-state index in [1.807, 2.05) is 47.7 Å². The molecule has 0 bridgehead atoms. The summed E-state index contributed by atoms with van der Waals surface area (Å²) >= 11 is 1.86. The maximum absolute atomic E-state index is 5.42. The van der Waals surface area contributed by atoms with E-state index in [1.165, 1.54) is 36.3 Å². The van der Waals surface area contributed by atoms with Gasteiger partial charge in [-0.1, -0.05) is 164 Å². The zero-order valence-electron chi connectivity index (χ0n) is 27.5. The molecule has 0 unspecified atom stereocenters. The molecule has 0 aliphatic heterocycles. The van der Waals surface area contributed by atoms with Crippen LogP contribution in [0.1, 0.15) is 0 Å². The van der Waals surface area contributed by atoms with Crippen molar-refractivity contribution in [3.8, 4) is 56.3 Å². The van der Waals surface area contributed by atoms with Gasteiger partial charge in [-0.2, -0.15) is 0 Å². The smallest absolute Gasteiger partial charge is 0.160 e. The zero-order valence-corrected chi connectivity index (χ0v) is 28.3. The normalized spacial score (nSPS) is 11.5. The van der Waals surface area contributed by atoms with Gasteiger partial charge < -0.3 is 0 Å². The summed E-state index contributed by atoms with van der Waals surface area (Å²) in [4.78, 5) is 15.4. The molecular formula is C47H29N3S. The van der Waals surface area contributed by atoms with Crippen molar-refractivity contribution in [2.24, 2.45) is 0 Å². The molecule has 0 amide bonds. The van der Waals surface area contributed by atoms with Crippen molar-refractivity contribution in [2.45, 2.75) is 0 Å². The average molecular weight is 668 g/mol. The molecule has 0 saturated heterocycles. The molecule has 0 fully saturated rings. The standard InChI is InChI=1S/C47H29N3S/c1-3-12-33(13-4-1)40-29-41(49-47(48-40)36-14-5-2-6-15-36)34-23-19-30(20-24-34)31-21-25-35(26-22-31)44-43-38-17-9-10-18-42(38)51-46(43)39-28-27-32-11-7-8-16-37(32)45(39)50-44/h1-29H. The zero-order chi connectivity index (χ0) is 33.7.